The number of ketones is 1. The molecule has 1 saturated carbocycles. The van der Waals surface area contributed by atoms with E-state index in [-0.39, 0.29) is 18.1 Å². The molecule has 2 rings (SSSR count). The lowest BCUT2D eigenvalue weighted by Gasteiger charge is -2.10. The van der Waals surface area contributed by atoms with Crippen LogP contribution in [0.15, 0.2) is 42.5 Å². The van der Waals surface area contributed by atoms with Gasteiger partial charge in [-0.25, -0.2) is 0 Å². The lowest BCUT2D eigenvalue weighted by molar-refractivity contribution is -0.117. The summed E-state index contributed by atoms with van der Waals surface area (Å²) in [6.07, 6.45) is 5.00. The highest BCUT2D eigenvalue weighted by Crippen LogP contribution is 2.24. The summed E-state index contributed by atoms with van der Waals surface area (Å²) in [5, 5.41) is 19.6. The summed E-state index contributed by atoms with van der Waals surface area (Å²) in [5.41, 5.74) is 0.923. The minimum Gasteiger partial charge on any atom is -0.392 e. The standard InChI is InChI=1S/C16H20O3/c17-14-10-13(16(19)11-14)8-4-5-9-15(18)12-6-2-1-3-7-12/h1-4,6-8,13,15-16,18-19H,5,9-11H2/t13-,15?,16+/m0/s1. The van der Waals surface area contributed by atoms with Gasteiger partial charge in [0.2, 0.25) is 0 Å². The first-order valence-electron chi connectivity index (χ1n) is 6.76. The Bertz CT molecular complexity index is 439. The Balaban J connectivity index is 1.76. The molecule has 1 unspecified atom stereocenters. The van der Waals surface area contributed by atoms with Gasteiger partial charge in [-0.05, 0) is 18.4 Å². The van der Waals surface area contributed by atoms with Crippen LogP contribution in [0, 0.1) is 5.92 Å². The molecule has 2 N–H and O–H groups in total. The summed E-state index contributed by atoms with van der Waals surface area (Å²) in [7, 11) is 0. The molecule has 0 heterocycles. The van der Waals surface area contributed by atoms with Crippen molar-refractivity contribution >= 4 is 5.78 Å². The highest BCUT2D eigenvalue weighted by molar-refractivity contribution is 5.81. The van der Waals surface area contributed by atoms with Crippen molar-refractivity contribution in [1.29, 1.82) is 0 Å². The van der Waals surface area contributed by atoms with Crippen molar-refractivity contribution < 1.29 is 15.0 Å². The molecule has 102 valence electrons. The zero-order valence-electron chi connectivity index (χ0n) is 10.9. The number of Topliss-reactive ketones (excluding diaryl/α,β-unsaturated/α-hetero) is 1. The quantitative estimate of drug-likeness (QED) is 0.799. The molecule has 3 nitrogen and oxygen atoms in total. The van der Waals surface area contributed by atoms with Gasteiger partial charge in [0.15, 0.2) is 0 Å². The normalized spacial score (nSPS) is 25.1. The van der Waals surface area contributed by atoms with Crippen molar-refractivity contribution in [2.45, 2.75) is 37.9 Å². The number of rotatable bonds is 5. The van der Waals surface area contributed by atoms with Crippen LogP contribution in [0.3, 0.4) is 0 Å². The molecule has 0 amide bonds. The molecular formula is C16H20O3. The van der Waals surface area contributed by atoms with Crippen LogP contribution in [-0.4, -0.2) is 22.1 Å². The van der Waals surface area contributed by atoms with E-state index in [9.17, 15) is 15.0 Å². The maximum Gasteiger partial charge on any atom is 0.136 e. The van der Waals surface area contributed by atoms with Gasteiger partial charge < -0.3 is 10.2 Å². The second kappa shape index (κ2) is 6.64. The molecule has 0 aromatic heterocycles. The average Bonchev–Trinajstić information content (AvgIpc) is 2.74. The molecule has 1 fully saturated rings. The summed E-state index contributed by atoms with van der Waals surface area (Å²) in [5.74, 6) is 0.0906. The average molecular weight is 260 g/mol. The van der Waals surface area contributed by atoms with Gasteiger partial charge in [-0.2, -0.15) is 0 Å². The third-order valence-electron chi connectivity index (χ3n) is 3.57. The zero-order chi connectivity index (χ0) is 13.7. The Labute approximate surface area is 113 Å². The molecule has 1 aromatic carbocycles. The molecule has 1 aromatic rings. The molecule has 0 spiro atoms. The summed E-state index contributed by atoms with van der Waals surface area (Å²) in [6.45, 7) is 0. The first-order chi connectivity index (χ1) is 9.16. The summed E-state index contributed by atoms with van der Waals surface area (Å²) < 4.78 is 0. The maximum atomic E-state index is 11.2. The minimum atomic E-state index is -0.525. The predicted molar refractivity (Wildman–Crippen MR) is 73.5 cm³/mol. The van der Waals surface area contributed by atoms with Gasteiger partial charge in [0.25, 0.3) is 0 Å². The van der Waals surface area contributed by atoms with Crippen molar-refractivity contribution in [2.24, 2.45) is 5.92 Å². The second-order valence-corrected chi connectivity index (χ2v) is 5.11. The Morgan fingerprint density at radius 2 is 2.00 bits per heavy atom. The minimum absolute atomic E-state index is 0.0404. The molecular weight excluding hydrogens is 240 g/mol. The van der Waals surface area contributed by atoms with Gasteiger partial charge >= 0.3 is 0 Å². The highest BCUT2D eigenvalue weighted by Gasteiger charge is 2.29. The van der Waals surface area contributed by atoms with E-state index in [0.29, 0.717) is 12.8 Å². The first-order valence-corrected chi connectivity index (χ1v) is 6.76. The van der Waals surface area contributed by atoms with Crippen molar-refractivity contribution in [3.05, 3.63) is 48.0 Å². The molecule has 19 heavy (non-hydrogen) atoms. The topological polar surface area (TPSA) is 57.5 Å². The lowest BCUT2D eigenvalue weighted by Crippen LogP contribution is -2.09. The largest absolute Gasteiger partial charge is 0.392 e. The monoisotopic (exact) mass is 260 g/mol. The highest BCUT2D eigenvalue weighted by atomic mass is 16.3. The van der Waals surface area contributed by atoms with E-state index >= 15 is 0 Å². The number of allylic oxidation sites excluding steroid dienone is 1. The predicted octanol–water partition coefficient (Wildman–Crippen LogP) is 2.40. The van der Waals surface area contributed by atoms with E-state index in [1.807, 2.05) is 42.5 Å². The van der Waals surface area contributed by atoms with Gasteiger partial charge in [0.1, 0.15) is 5.78 Å². The first kappa shape index (κ1) is 14.0. The van der Waals surface area contributed by atoms with Gasteiger partial charge in [0.05, 0.1) is 12.2 Å². The third-order valence-corrected chi connectivity index (χ3v) is 3.57. The van der Waals surface area contributed by atoms with Crippen LogP contribution in [0.25, 0.3) is 0 Å². The van der Waals surface area contributed by atoms with Crippen LogP contribution in [-0.2, 0) is 4.79 Å². The van der Waals surface area contributed by atoms with Gasteiger partial charge in [0, 0.05) is 18.8 Å². The Kier molecular flexibility index (Phi) is 4.88. The number of aliphatic hydroxyl groups is 2. The van der Waals surface area contributed by atoms with Crippen LogP contribution in [0.4, 0.5) is 0 Å². The van der Waals surface area contributed by atoms with E-state index in [0.717, 1.165) is 12.0 Å². The number of hydrogen-bond donors (Lipinski definition) is 2. The second-order valence-electron chi connectivity index (χ2n) is 5.11. The number of benzene rings is 1. The molecule has 0 radical (unpaired) electrons. The summed E-state index contributed by atoms with van der Waals surface area (Å²) >= 11 is 0. The lowest BCUT2D eigenvalue weighted by atomic mass is 10.0. The van der Waals surface area contributed by atoms with E-state index < -0.39 is 12.2 Å². The molecule has 1 aliphatic rings. The van der Waals surface area contributed by atoms with E-state index in [4.69, 9.17) is 0 Å². The van der Waals surface area contributed by atoms with Crippen LogP contribution in [0.5, 0.6) is 0 Å². The van der Waals surface area contributed by atoms with E-state index in [1.54, 1.807) is 0 Å². The van der Waals surface area contributed by atoms with Crippen LogP contribution >= 0.6 is 0 Å². The fraction of sp³-hybridized carbons (Fsp3) is 0.438. The molecule has 0 bridgehead atoms. The van der Waals surface area contributed by atoms with Crippen molar-refractivity contribution in [1.82, 2.24) is 0 Å². The molecule has 1 aliphatic carbocycles. The van der Waals surface area contributed by atoms with E-state index in [2.05, 4.69) is 0 Å². The van der Waals surface area contributed by atoms with Gasteiger partial charge in [-0.15, -0.1) is 0 Å². The van der Waals surface area contributed by atoms with Crippen molar-refractivity contribution in [3.63, 3.8) is 0 Å². The summed E-state index contributed by atoms with van der Waals surface area (Å²) in [6, 6.07) is 9.57. The smallest absolute Gasteiger partial charge is 0.136 e. The van der Waals surface area contributed by atoms with Crippen LogP contribution < -0.4 is 0 Å². The van der Waals surface area contributed by atoms with Crippen LogP contribution in [0.1, 0.15) is 37.4 Å². The molecule has 0 aliphatic heterocycles. The Morgan fingerprint density at radius 1 is 1.26 bits per heavy atom. The van der Waals surface area contributed by atoms with Gasteiger partial charge in [-0.1, -0.05) is 42.5 Å². The number of carbonyl (C=O) groups excluding carboxylic acids is 1. The van der Waals surface area contributed by atoms with Crippen molar-refractivity contribution in [3.8, 4) is 0 Å². The number of aliphatic hydroxyl groups excluding tert-OH is 2. The Morgan fingerprint density at radius 3 is 2.63 bits per heavy atom. The molecule has 3 heteroatoms. The Hall–Kier alpha value is -1.45. The molecule has 0 saturated heterocycles. The maximum absolute atomic E-state index is 11.2. The van der Waals surface area contributed by atoms with Crippen LogP contribution in [0.2, 0.25) is 0 Å². The van der Waals surface area contributed by atoms with E-state index in [1.165, 1.54) is 0 Å². The summed E-state index contributed by atoms with van der Waals surface area (Å²) in [4.78, 5) is 11.2. The molecule has 3 atom stereocenters. The SMILES string of the molecule is O=C1C[C@@H](O)[C@@H](C=CCCC(O)c2ccccc2)C1. The third kappa shape index (κ3) is 4.01. The fourth-order valence-electron chi connectivity index (χ4n) is 2.43. The van der Waals surface area contributed by atoms with Crippen molar-refractivity contribution in [2.75, 3.05) is 0 Å². The zero-order valence-corrected chi connectivity index (χ0v) is 10.9. The number of hydrogen-bond acceptors (Lipinski definition) is 3. The number of carbonyl (C=O) groups is 1. The fourth-order valence-corrected chi connectivity index (χ4v) is 2.43. The van der Waals surface area contributed by atoms with Gasteiger partial charge in [-0.3, -0.25) is 4.79 Å².